The standard InChI is InChI=1S/C32H40N4O7/c1-32(2,3)43-31(39)34-15-13-25(21-7-5-8-22(17-21)33-40)26(19-34)30(38)36(23-9-10-23)24-11-12-28-27(18-24)35(14-6-16-41-4)29(37)20-42-28/h5,7-8,11-12,17-18,23,25-26H,6,9-10,13-16,19-20H2,1-4H3/t25-,26+/m1/s1. The van der Waals surface area contributed by atoms with Crippen LogP contribution in [0.2, 0.25) is 0 Å². The van der Waals surface area contributed by atoms with Crippen LogP contribution in [-0.4, -0.2) is 74.4 Å². The highest BCUT2D eigenvalue weighted by Crippen LogP contribution is 2.43. The molecule has 43 heavy (non-hydrogen) atoms. The number of nitroso groups, excluding NO2 is 1. The summed E-state index contributed by atoms with van der Waals surface area (Å²) in [6, 6.07) is 12.6. The van der Waals surface area contributed by atoms with Crippen LogP contribution in [0.15, 0.2) is 47.6 Å². The van der Waals surface area contributed by atoms with E-state index in [-0.39, 0.29) is 36.9 Å². The lowest BCUT2D eigenvalue weighted by molar-refractivity contribution is -0.124. The molecule has 0 N–H and O–H groups in total. The second-order valence-corrected chi connectivity index (χ2v) is 12.4. The number of amides is 3. The summed E-state index contributed by atoms with van der Waals surface area (Å²) in [6.07, 6.45) is 2.44. The molecule has 2 aromatic rings. The van der Waals surface area contributed by atoms with Crippen LogP contribution in [0.5, 0.6) is 5.75 Å². The summed E-state index contributed by atoms with van der Waals surface area (Å²) in [6.45, 7) is 6.99. The average Bonchev–Trinajstić information content (AvgIpc) is 3.82. The molecule has 2 atom stereocenters. The number of anilines is 2. The lowest BCUT2D eigenvalue weighted by atomic mass is 9.79. The zero-order valence-electron chi connectivity index (χ0n) is 25.3. The van der Waals surface area contributed by atoms with E-state index >= 15 is 0 Å². The highest BCUT2D eigenvalue weighted by molar-refractivity contribution is 6.01. The molecule has 2 aromatic carbocycles. The summed E-state index contributed by atoms with van der Waals surface area (Å²) >= 11 is 0. The number of rotatable bonds is 9. The molecule has 230 valence electrons. The molecular weight excluding hydrogens is 552 g/mol. The Labute approximate surface area is 252 Å². The Hall–Kier alpha value is -3.99. The zero-order valence-corrected chi connectivity index (χ0v) is 25.3. The van der Waals surface area contributed by atoms with Gasteiger partial charge in [0.15, 0.2) is 6.61 Å². The molecule has 1 saturated carbocycles. The molecule has 2 heterocycles. The molecule has 3 aliphatic rings. The first kappa shape index (κ1) is 30.5. The van der Waals surface area contributed by atoms with E-state index in [0.29, 0.717) is 55.3 Å². The van der Waals surface area contributed by atoms with Crippen molar-refractivity contribution in [1.82, 2.24) is 4.90 Å². The third-order valence-electron chi connectivity index (χ3n) is 8.03. The number of ether oxygens (including phenoxy) is 3. The number of fused-ring (bicyclic) bond motifs is 1. The van der Waals surface area contributed by atoms with Crippen LogP contribution in [0.3, 0.4) is 0 Å². The predicted octanol–water partition coefficient (Wildman–Crippen LogP) is 5.38. The van der Waals surface area contributed by atoms with Crippen LogP contribution in [0.4, 0.5) is 21.9 Å². The van der Waals surface area contributed by atoms with Crippen LogP contribution in [0, 0.1) is 10.8 Å². The first-order valence-electron chi connectivity index (χ1n) is 14.9. The van der Waals surface area contributed by atoms with E-state index in [0.717, 1.165) is 18.4 Å². The largest absolute Gasteiger partial charge is 0.482 e. The van der Waals surface area contributed by atoms with Gasteiger partial charge in [-0.15, -0.1) is 4.91 Å². The lowest BCUT2D eigenvalue weighted by Gasteiger charge is -2.41. The van der Waals surface area contributed by atoms with Crippen molar-refractivity contribution in [3.05, 3.63) is 52.9 Å². The topological polar surface area (TPSA) is 118 Å². The number of hydrogen-bond donors (Lipinski definition) is 0. The number of hydrogen-bond acceptors (Lipinski definition) is 8. The number of piperidine rings is 1. The maximum atomic E-state index is 14.6. The number of methoxy groups -OCH3 is 1. The third-order valence-corrected chi connectivity index (χ3v) is 8.03. The molecule has 2 fully saturated rings. The van der Waals surface area contributed by atoms with Gasteiger partial charge in [-0.3, -0.25) is 9.59 Å². The van der Waals surface area contributed by atoms with Crippen LogP contribution < -0.4 is 14.5 Å². The van der Waals surface area contributed by atoms with Crippen molar-refractivity contribution < 1.29 is 28.6 Å². The van der Waals surface area contributed by atoms with Crippen molar-refractivity contribution >= 4 is 35.0 Å². The van der Waals surface area contributed by atoms with Gasteiger partial charge in [0.25, 0.3) is 5.91 Å². The van der Waals surface area contributed by atoms with Gasteiger partial charge in [0.2, 0.25) is 5.91 Å². The van der Waals surface area contributed by atoms with E-state index in [2.05, 4.69) is 5.18 Å². The fourth-order valence-electron chi connectivity index (χ4n) is 5.89. The molecule has 0 bridgehead atoms. The maximum absolute atomic E-state index is 14.6. The first-order chi connectivity index (χ1) is 20.6. The normalized spacial score (nSPS) is 20.2. The van der Waals surface area contributed by atoms with Gasteiger partial charge in [-0.2, -0.15) is 0 Å². The van der Waals surface area contributed by atoms with Crippen LogP contribution in [0.1, 0.15) is 57.9 Å². The van der Waals surface area contributed by atoms with Crippen LogP contribution in [-0.2, 0) is 19.1 Å². The van der Waals surface area contributed by atoms with Crippen LogP contribution in [0.25, 0.3) is 0 Å². The lowest BCUT2D eigenvalue weighted by Crippen LogP contribution is -2.51. The van der Waals surface area contributed by atoms with E-state index in [1.54, 1.807) is 35.1 Å². The number of carbonyl (C=O) groups is 3. The molecule has 0 unspecified atom stereocenters. The zero-order chi connectivity index (χ0) is 30.7. The monoisotopic (exact) mass is 592 g/mol. The molecular formula is C32H40N4O7. The molecule has 1 aliphatic carbocycles. The summed E-state index contributed by atoms with van der Waals surface area (Å²) in [5.41, 5.74) is 1.77. The molecule has 11 nitrogen and oxygen atoms in total. The van der Waals surface area contributed by atoms with E-state index < -0.39 is 17.6 Å². The van der Waals surface area contributed by atoms with Gasteiger partial charge in [-0.05, 0) is 93.4 Å². The number of likely N-dealkylation sites (tertiary alicyclic amines) is 1. The van der Waals surface area contributed by atoms with Gasteiger partial charge in [0, 0.05) is 45.1 Å². The Morgan fingerprint density at radius 1 is 1.12 bits per heavy atom. The van der Waals surface area contributed by atoms with Gasteiger partial charge in [-0.1, -0.05) is 12.1 Å². The van der Waals surface area contributed by atoms with Crippen molar-refractivity contribution in [3.8, 4) is 5.75 Å². The summed E-state index contributed by atoms with van der Waals surface area (Å²) in [5, 5.41) is 3.10. The molecule has 2 aliphatic heterocycles. The van der Waals surface area contributed by atoms with E-state index in [9.17, 15) is 19.3 Å². The van der Waals surface area contributed by atoms with Crippen molar-refractivity contribution in [2.24, 2.45) is 11.1 Å². The Balaban J connectivity index is 1.49. The van der Waals surface area contributed by atoms with E-state index in [1.807, 2.05) is 49.9 Å². The van der Waals surface area contributed by atoms with E-state index in [1.165, 1.54) is 0 Å². The third kappa shape index (κ3) is 6.98. The highest BCUT2D eigenvalue weighted by atomic mass is 16.6. The highest BCUT2D eigenvalue weighted by Gasteiger charge is 2.44. The first-order valence-corrected chi connectivity index (χ1v) is 14.9. The minimum Gasteiger partial charge on any atom is -0.482 e. The molecule has 5 rings (SSSR count). The smallest absolute Gasteiger partial charge is 0.410 e. The number of benzene rings is 2. The summed E-state index contributed by atoms with van der Waals surface area (Å²) < 4.78 is 16.6. The predicted molar refractivity (Wildman–Crippen MR) is 162 cm³/mol. The average molecular weight is 593 g/mol. The van der Waals surface area contributed by atoms with Crippen molar-refractivity contribution in [1.29, 1.82) is 0 Å². The summed E-state index contributed by atoms with van der Waals surface area (Å²) in [7, 11) is 1.63. The summed E-state index contributed by atoms with van der Waals surface area (Å²) in [4.78, 5) is 57.0. The molecule has 1 saturated heterocycles. The fraction of sp³-hybridized carbons (Fsp3) is 0.531. The van der Waals surface area contributed by atoms with Gasteiger partial charge in [-0.25, -0.2) is 4.79 Å². The second-order valence-electron chi connectivity index (χ2n) is 12.4. The molecule has 11 heteroatoms. The quantitative estimate of drug-likeness (QED) is 0.283. The van der Waals surface area contributed by atoms with Crippen molar-refractivity contribution in [2.45, 2.75) is 64.0 Å². The van der Waals surface area contributed by atoms with Gasteiger partial charge < -0.3 is 28.9 Å². The molecule has 0 radical (unpaired) electrons. The maximum Gasteiger partial charge on any atom is 0.410 e. The van der Waals surface area contributed by atoms with Crippen molar-refractivity contribution in [3.63, 3.8) is 0 Å². The van der Waals surface area contributed by atoms with Gasteiger partial charge in [0.1, 0.15) is 17.0 Å². The fourth-order valence-corrected chi connectivity index (χ4v) is 5.89. The Morgan fingerprint density at radius 2 is 1.91 bits per heavy atom. The van der Waals surface area contributed by atoms with Crippen molar-refractivity contribution in [2.75, 3.05) is 49.8 Å². The number of carbonyl (C=O) groups excluding carboxylic acids is 3. The van der Waals surface area contributed by atoms with Gasteiger partial charge >= 0.3 is 6.09 Å². The SMILES string of the molecule is COCCCN1C(=O)COc2ccc(N(C(=O)[C@H]3CN(C(=O)OC(C)(C)C)CC[C@@H]3c3cccc(N=O)c3)C3CC3)cc21. The van der Waals surface area contributed by atoms with Crippen LogP contribution >= 0.6 is 0 Å². The second kappa shape index (κ2) is 12.7. The Kier molecular flexibility index (Phi) is 9.00. The van der Waals surface area contributed by atoms with E-state index in [4.69, 9.17) is 14.2 Å². The molecule has 3 amide bonds. The summed E-state index contributed by atoms with van der Waals surface area (Å²) in [5.74, 6) is -0.486. The Bertz CT molecular complexity index is 1370. The molecule has 0 aromatic heterocycles. The number of nitrogens with zero attached hydrogens (tertiary/aromatic N) is 4. The molecule has 0 spiro atoms. The Morgan fingerprint density at radius 3 is 2.60 bits per heavy atom. The minimum absolute atomic E-state index is 0.00762. The minimum atomic E-state index is -0.671. The van der Waals surface area contributed by atoms with Gasteiger partial charge in [0.05, 0.1) is 11.6 Å².